The van der Waals surface area contributed by atoms with E-state index in [2.05, 4.69) is 35.8 Å². The lowest BCUT2D eigenvalue weighted by Gasteiger charge is -2.32. The minimum absolute atomic E-state index is 1.18. The van der Waals surface area contributed by atoms with Crippen LogP contribution in [0.4, 0.5) is 0 Å². The molecule has 1 aliphatic rings. The average Bonchev–Trinajstić information content (AvgIpc) is 2.20. The van der Waals surface area contributed by atoms with Gasteiger partial charge in [-0.1, -0.05) is 13.8 Å². The van der Waals surface area contributed by atoms with Crippen molar-refractivity contribution in [2.45, 2.75) is 13.8 Å². The number of hydrogen-bond donors (Lipinski definition) is 0. The first-order valence-electron chi connectivity index (χ1n) is 5.74. The largest absolute Gasteiger partial charge is 0.308 e. The molecule has 1 aliphatic heterocycles. The summed E-state index contributed by atoms with van der Waals surface area (Å²) in [5, 5.41) is 0. The van der Waals surface area contributed by atoms with Gasteiger partial charge in [-0.25, -0.2) is 0 Å². The van der Waals surface area contributed by atoms with E-state index >= 15 is 0 Å². The van der Waals surface area contributed by atoms with Crippen LogP contribution < -0.4 is 0 Å². The molecule has 0 bridgehead atoms. The summed E-state index contributed by atoms with van der Waals surface area (Å²) in [6, 6.07) is 0. The van der Waals surface area contributed by atoms with Crippen LogP contribution in [0.1, 0.15) is 13.8 Å². The van der Waals surface area contributed by atoms with Crippen LogP contribution in [0.5, 0.6) is 0 Å². The van der Waals surface area contributed by atoms with Gasteiger partial charge in [0.2, 0.25) is 0 Å². The highest BCUT2D eigenvalue weighted by molar-refractivity contribution is 4.69. The summed E-state index contributed by atoms with van der Waals surface area (Å²) in [5.74, 6) is 0. The van der Waals surface area contributed by atoms with E-state index in [1.54, 1.807) is 0 Å². The second-order valence-electron chi connectivity index (χ2n) is 3.95. The van der Waals surface area contributed by atoms with Gasteiger partial charge in [0.15, 0.2) is 0 Å². The fourth-order valence-electron chi connectivity index (χ4n) is 1.41. The molecular weight excluding hydrogens is 174 g/mol. The van der Waals surface area contributed by atoms with E-state index in [1.165, 1.54) is 39.3 Å². The zero-order valence-electron chi connectivity index (χ0n) is 10.6. The molecule has 3 heteroatoms. The van der Waals surface area contributed by atoms with Gasteiger partial charge in [-0.3, -0.25) is 4.90 Å². The minimum atomic E-state index is 1.18. The third-order valence-electron chi connectivity index (χ3n) is 2.46. The number of piperazine rings is 1. The number of hydrogen-bond acceptors (Lipinski definition) is 3. The van der Waals surface area contributed by atoms with Crippen LogP contribution in [0, 0.1) is 0 Å². The summed E-state index contributed by atoms with van der Waals surface area (Å²) in [7, 11) is 6.47. The predicted octanol–water partition coefficient (Wildman–Crippen LogP) is 0.822. The Kier molecular flexibility index (Phi) is 8.14. The van der Waals surface area contributed by atoms with E-state index in [0.29, 0.717) is 0 Å². The van der Waals surface area contributed by atoms with Gasteiger partial charge in [0.05, 0.1) is 0 Å². The SMILES string of the molecule is CC.CN(C)CCN1CCN(C)CC1. The van der Waals surface area contributed by atoms with Crippen molar-refractivity contribution in [1.29, 1.82) is 0 Å². The predicted molar refractivity (Wildman–Crippen MR) is 63.8 cm³/mol. The molecule has 1 rings (SSSR count). The van der Waals surface area contributed by atoms with E-state index in [-0.39, 0.29) is 0 Å². The lowest BCUT2D eigenvalue weighted by atomic mass is 10.3. The average molecular weight is 201 g/mol. The normalized spacial score (nSPS) is 19.3. The van der Waals surface area contributed by atoms with E-state index < -0.39 is 0 Å². The summed E-state index contributed by atoms with van der Waals surface area (Å²) in [4.78, 5) is 7.18. The summed E-state index contributed by atoms with van der Waals surface area (Å²) in [5.41, 5.74) is 0. The first-order valence-corrected chi connectivity index (χ1v) is 5.74. The molecule has 0 amide bonds. The Morgan fingerprint density at radius 3 is 1.93 bits per heavy atom. The second kappa shape index (κ2) is 8.21. The van der Waals surface area contributed by atoms with Crippen molar-refractivity contribution in [3.63, 3.8) is 0 Å². The number of rotatable bonds is 3. The molecule has 0 aromatic rings. The minimum Gasteiger partial charge on any atom is -0.308 e. The van der Waals surface area contributed by atoms with E-state index in [0.717, 1.165) is 0 Å². The van der Waals surface area contributed by atoms with Crippen LogP contribution in [0.2, 0.25) is 0 Å². The molecule has 86 valence electrons. The van der Waals surface area contributed by atoms with Crippen molar-refractivity contribution in [2.75, 3.05) is 60.4 Å². The Morgan fingerprint density at radius 2 is 1.50 bits per heavy atom. The number of likely N-dealkylation sites (N-methyl/N-ethyl adjacent to an activating group) is 2. The lowest BCUT2D eigenvalue weighted by Crippen LogP contribution is -2.46. The number of nitrogens with zero attached hydrogens (tertiary/aromatic N) is 3. The Morgan fingerprint density at radius 1 is 1.00 bits per heavy atom. The van der Waals surface area contributed by atoms with Gasteiger partial charge >= 0.3 is 0 Å². The highest BCUT2D eigenvalue weighted by Gasteiger charge is 2.12. The zero-order valence-corrected chi connectivity index (χ0v) is 10.6. The van der Waals surface area contributed by atoms with Crippen molar-refractivity contribution in [3.8, 4) is 0 Å². The van der Waals surface area contributed by atoms with Crippen LogP contribution >= 0.6 is 0 Å². The van der Waals surface area contributed by atoms with Gasteiger partial charge in [-0.15, -0.1) is 0 Å². The van der Waals surface area contributed by atoms with Crippen LogP contribution in [0.3, 0.4) is 0 Å². The summed E-state index contributed by atoms with van der Waals surface area (Å²) in [6.45, 7) is 11.3. The molecule has 0 atom stereocenters. The molecular formula is C11H27N3. The summed E-state index contributed by atoms with van der Waals surface area (Å²) < 4.78 is 0. The van der Waals surface area contributed by atoms with E-state index in [9.17, 15) is 0 Å². The molecule has 0 aliphatic carbocycles. The molecule has 0 aromatic carbocycles. The maximum absolute atomic E-state index is 2.54. The molecule has 0 radical (unpaired) electrons. The summed E-state index contributed by atoms with van der Waals surface area (Å²) >= 11 is 0. The van der Waals surface area contributed by atoms with Crippen molar-refractivity contribution in [3.05, 3.63) is 0 Å². The van der Waals surface area contributed by atoms with E-state index in [1.807, 2.05) is 13.8 Å². The van der Waals surface area contributed by atoms with Gasteiger partial charge < -0.3 is 9.80 Å². The molecule has 1 saturated heterocycles. The third kappa shape index (κ3) is 6.35. The van der Waals surface area contributed by atoms with E-state index in [4.69, 9.17) is 0 Å². The molecule has 1 heterocycles. The van der Waals surface area contributed by atoms with Crippen molar-refractivity contribution < 1.29 is 0 Å². The van der Waals surface area contributed by atoms with Crippen LogP contribution in [0.15, 0.2) is 0 Å². The highest BCUT2D eigenvalue weighted by atomic mass is 15.3. The molecule has 1 fully saturated rings. The standard InChI is InChI=1S/C9H21N3.C2H6/c1-10(2)4-7-12-8-5-11(3)6-9-12;1-2/h4-9H2,1-3H3;1-2H3. The van der Waals surface area contributed by atoms with Crippen LogP contribution in [0.25, 0.3) is 0 Å². The van der Waals surface area contributed by atoms with Crippen LogP contribution in [-0.2, 0) is 0 Å². The lowest BCUT2D eigenvalue weighted by molar-refractivity contribution is 0.145. The Labute approximate surface area is 89.7 Å². The second-order valence-corrected chi connectivity index (χ2v) is 3.95. The molecule has 0 N–H and O–H groups in total. The monoisotopic (exact) mass is 201 g/mol. The molecule has 0 spiro atoms. The molecule has 0 unspecified atom stereocenters. The van der Waals surface area contributed by atoms with Crippen molar-refractivity contribution in [2.24, 2.45) is 0 Å². The first-order chi connectivity index (χ1) is 6.68. The van der Waals surface area contributed by atoms with Gasteiger partial charge in [-0.2, -0.15) is 0 Å². The van der Waals surface area contributed by atoms with Gasteiger partial charge in [0.1, 0.15) is 0 Å². The molecule has 0 saturated carbocycles. The topological polar surface area (TPSA) is 9.72 Å². The maximum atomic E-state index is 2.54. The van der Waals surface area contributed by atoms with Crippen LogP contribution in [-0.4, -0.2) is 75.1 Å². The van der Waals surface area contributed by atoms with Gasteiger partial charge in [0, 0.05) is 39.3 Å². The Hall–Kier alpha value is -0.120. The first kappa shape index (κ1) is 13.9. The highest BCUT2D eigenvalue weighted by Crippen LogP contribution is 1.97. The fraction of sp³-hybridized carbons (Fsp3) is 1.00. The Balaban J connectivity index is 0.000000791. The summed E-state index contributed by atoms with van der Waals surface area (Å²) in [6.07, 6.45) is 0. The fourth-order valence-corrected chi connectivity index (χ4v) is 1.41. The van der Waals surface area contributed by atoms with Crippen molar-refractivity contribution >= 4 is 0 Å². The quantitative estimate of drug-likeness (QED) is 0.669. The van der Waals surface area contributed by atoms with Gasteiger partial charge in [-0.05, 0) is 21.1 Å². The maximum Gasteiger partial charge on any atom is 0.0110 e. The molecule has 0 aromatic heterocycles. The zero-order chi connectivity index (χ0) is 11.0. The Bertz CT molecular complexity index is 118. The van der Waals surface area contributed by atoms with Crippen molar-refractivity contribution in [1.82, 2.24) is 14.7 Å². The molecule has 14 heavy (non-hydrogen) atoms. The van der Waals surface area contributed by atoms with Gasteiger partial charge in [0.25, 0.3) is 0 Å². The third-order valence-corrected chi connectivity index (χ3v) is 2.46. The molecule has 3 nitrogen and oxygen atoms in total. The smallest absolute Gasteiger partial charge is 0.0110 e.